The van der Waals surface area contributed by atoms with Gasteiger partial charge >= 0.3 is 0 Å². The zero-order chi connectivity index (χ0) is 13.5. The van der Waals surface area contributed by atoms with Crippen LogP contribution >= 0.6 is 0 Å². The maximum absolute atomic E-state index is 6.24. The van der Waals surface area contributed by atoms with E-state index in [0.717, 1.165) is 16.9 Å². The Morgan fingerprint density at radius 1 is 1.16 bits per heavy atom. The van der Waals surface area contributed by atoms with Crippen LogP contribution in [0, 0.1) is 0 Å². The molecule has 100 valence electrons. The van der Waals surface area contributed by atoms with E-state index >= 15 is 0 Å². The summed E-state index contributed by atoms with van der Waals surface area (Å²) in [5.41, 5.74) is 8.07. The first-order valence-electron chi connectivity index (χ1n) is 6.05. The molecule has 2 N–H and O–H groups in total. The summed E-state index contributed by atoms with van der Waals surface area (Å²) in [5.74, 6) is 0.767. The summed E-state index contributed by atoms with van der Waals surface area (Å²) < 4.78 is 10.7. The summed E-state index contributed by atoms with van der Waals surface area (Å²) >= 11 is 0. The van der Waals surface area contributed by atoms with Crippen LogP contribution in [0.15, 0.2) is 42.7 Å². The van der Waals surface area contributed by atoms with Gasteiger partial charge in [-0.3, -0.25) is 0 Å². The number of aromatic nitrogens is 2. The van der Waals surface area contributed by atoms with Gasteiger partial charge in [-0.25, -0.2) is 0 Å². The molecule has 1 atom stereocenters. The largest absolute Gasteiger partial charge is 0.491 e. The van der Waals surface area contributed by atoms with Crippen LogP contribution in [0.3, 0.4) is 0 Å². The molecule has 0 amide bonds. The second-order valence-electron chi connectivity index (χ2n) is 4.03. The summed E-state index contributed by atoms with van der Waals surface area (Å²) in [6.07, 6.45) is 3.29. The number of hydrogen-bond donors (Lipinski definition) is 1. The molecule has 1 heterocycles. The quantitative estimate of drug-likeness (QED) is 0.797. The predicted octanol–water partition coefficient (Wildman–Crippen LogP) is 1.55. The highest BCUT2D eigenvalue weighted by Crippen LogP contribution is 2.27. The molecule has 0 aliphatic rings. The Balaban J connectivity index is 2.19. The zero-order valence-electron chi connectivity index (χ0n) is 10.8. The van der Waals surface area contributed by atoms with E-state index in [1.54, 1.807) is 19.5 Å². The van der Waals surface area contributed by atoms with Crippen LogP contribution in [-0.2, 0) is 4.74 Å². The van der Waals surface area contributed by atoms with Gasteiger partial charge in [0.05, 0.1) is 18.8 Å². The highest BCUT2D eigenvalue weighted by atomic mass is 16.5. The minimum Gasteiger partial charge on any atom is -0.491 e. The molecule has 0 aliphatic heterocycles. The monoisotopic (exact) mass is 259 g/mol. The fourth-order valence-corrected chi connectivity index (χ4v) is 1.77. The Morgan fingerprint density at radius 3 is 2.74 bits per heavy atom. The molecule has 2 aromatic rings. The van der Waals surface area contributed by atoms with Crippen molar-refractivity contribution in [3.8, 4) is 5.75 Å². The molecule has 0 radical (unpaired) electrons. The smallest absolute Gasteiger partial charge is 0.124 e. The first-order chi connectivity index (χ1) is 9.33. The first kappa shape index (κ1) is 13.5. The van der Waals surface area contributed by atoms with Crippen LogP contribution in [0.2, 0.25) is 0 Å². The van der Waals surface area contributed by atoms with Crippen LogP contribution in [0.4, 0.5) is 0 Å². The lowest BCUT2D eigenvalue weighted by atomic mass is 10.0. The number of para-hydroxylation sites is 1. The van der Waals surface area contributed by atoms with E-state index in [-0.39, 0.29) is 6.04 Å². The minimum atomic E-state index is -0.283. The van der Waals surface area contributed by atoms with E-state index in [4.69, 9.17) is 15.2 Å². The van der Waals surface area contributed by atoms with Gasteiger partial charge < -0.3 is 15.2 Å². The molecule has 0 fully saturated rings. The third-order valence-electron chi connectivity index (χ3n) is 2.77. The first-order valence-corrected chi connectivity index (χ1v) is 6.05. The topological polar surface area (TPSA) is 70.3 Å². The highest BCUT2D eigenvalue weighted by Gasteiger charge is 2.14. The maximum atomic E-state index is 6.24. The van der Waals surface area contributed by atoms with Gasteiger partial charge in [0.25, 0.3) is 0 Å². The van der Waals surface area contributed by atoms with Crippen molar-refractivity contribution in [2.45, 2.75) is 6.04 Å². The van der Waals surface area contributed by atoms with E-state index in [1.807, 2.05) is 30.3 Å². The molecule has 2 rings (SSSR count). The second-order valence-corrected chi connectivity index (χ2v) is 4.03. The number of nitrogens with zero attached hydrogens (tertiary/aromatic N) is 2. The van der Waals surface area contributed by atoms with Gasteiger partial charge in [-0.05, 0) is 17.7 Å². The van der Waals surface area contributed by atoms with Gasteiger partial charge in [0, 0.05) is 18.9 Å². The summed E-state index contributed by atoms with van der Waals surface area (Å²) in [6, 6.07) is 9.28. The molecule has 0 saturated carbocycles. The van der Waals surface area contributed by atoms with E-state index < -0.39 is 0 Å². The maximum Gasteiger partial charge on any atom is 0.124 e. The fourth-order valence-electron chi connectivity index (χ4n) is 1.77. The van der Waals surface area contributed by atoms with Gasteiger partial charge in [0.1, 0.15) is 12.4 Å². The standard InChI is InChI=1S/C14H17N3O2/c1-18-8-9-19-13-5-3-2-4-12(13)14(15)11-6-7-16-17-10-11/h2-7,10,14H,8-9,15H2,1H3. The average Bonchev–Trinajstić information content (AvgIpc) is 2.48. The molecular weight excluding hydrogens is 242 g/mol. The van der Waals surface area contributed by atoms with Crippen molar-refractivity contribution >= 4 is 0 Å². The molecule has 1 aromatic heterocycles. The normalized spacial score (nSPS) is 12.1. The molecule has 0 spiro atoms. The van der Waals surface area contributed by atoms with Crippen LogP contribution in [0.5, 0.6) is 5.75 Å². The molecule has 0 aliphatic carbocycles. The van der Waals surface area contributed by atoms with Crippen LogP contribution in [-0.4, -0.2) is 30.5 Å². The number of ether oxygens (including phenoxy) is 2. The molecule has 19 heavy (non-hydrogen) atoms. The van der Waals surface area contributed by atoms with Crippen molar-refractivity contribution in [1.29, 1.82) is 0 Å². The molecule has 0 bridgehead atoms. The molecule has 5 nitrogen and oxygen atoms in total. The van der Waals surface area contributed by atoms with Gasteiger partial charge in [0.15, 0.2) is 0 Å². The molecular formula is C14H17N3O2. The SMILES string of the molecule is COCCOc1ccccc1C(N)c1ccnnc1. The van der Waals surface area contributed by atoms with Crippen molar-refractivity contribution in [2.75, 3.05) is 20.3 Å². The Kier molecular flexibility index (Phi) is 4.83. The zero-order valence-corrected chi connectivity index (χ0v) is 10.8. The van der Waals surface area contributed by atoms with Gasteiger partial charge in [-0.1, -0.05) is 18.2 Å². The molecule has 1 aromatic carbocycles. The number of methoxy groups -OCH3 is 1. The molecule has 5 heteroatoms. The summed E-state index contributed by atoms with van der Waals surface area (Å²) in [7, 11) is 1.64. The van der Waals surface area contributed by atoms with Crippen molar-refractivity contribution in [3.63, 3.8) is 0 Å². The van der Waals surface area contributed by atoms with Gasteiger partial charge in [-0.15, -0.1) is 0 Å². The summed E-state index contributed by atoms with van der Waals surface area (Å²) in [5, 5.41) is 7.60. The average molecular weight is 259 g/mol. The Hall–Kier alpha value is -1.98. The van der Waals surface area contributed by atoms with Crippen molar-refractivity contribution in [2.24, 2.45) is 5.73 Å². The predicted molar refractivity (Wildman–Crippen MR) is 71.9 cm³/mol. The third-order valence-corrected chi connectivity index (χ3v) is 2.77. The van der Waals surface area contributed by atoms with E-state index in [0.29, 0.717) is 13.2 Å². The Morgan fingerprint density at radius 2 is 2.00 bits per heavy atom. The molecule has 0 saturated heterocycles. The minimum absolute atomic E-state index is 0.283. The Labute approximate surface area is 112 Å². The summed E-state index contributed by atoms with van der Waals surface area (Å²) in [6.45, 7) is 1.04. The van der Waals surface area contributed by atoms with Crippen LogP contribution in [0.1, 0.15) is 17.2 Å². The fraction of sp³-hybridized carbons (Fsp3) is 0.286. The van der Waals surface area contributed by atoms with Gasteiger partial charge in [-0.2, -0.15) is 10.2 Å². The summed E-state index contributed by atoms with van der Waals surface area (Å²) in [4.78, 5) is 0. The highest BCUT2D eigenvalue weighted by molar-refractivity contribution is 5.40. The Bertz CT molecular complexity index is 505. The van der Waals surface area contributed by atoms with E-state index in [9.17, 15) is 0 Å². The number of hydrogen-bond acceptors (Lipinski definition) is 5. The molecule has 1 unspecified atom stereocenters. The van der Waals surface area contributed by atoms with Gasteiger partial charge in [0.2, 0.25) is 0 Å². The van der Waals surface area contributed by atoms with Crippen molar-refractivity contribution in [3.05, 3.63) is 53.9 Å². The number of benzene rings is 1. The third kappa shape index (κ3) is 3.49. The van der Waals surface area contributed by atoms with E-state index in [2.05, 4.69) is 10.2 Å². The van der Waals surface area contributed by atoms with Crippen LogP contribution < -0.4 is 10.5 Å². The lowest BCUT2D eigenvalue weighted by molar-refractivity contribution is 0.145. The number of nitrogens with two attached hydrogens (primary N) is 1. The van der Waals surface area contributed by atoms with Crippen LogP contribution in [0.25, 0.3) is 0 Å². The number of rotatable bonds is 6. The second kappa shape index (κ2) is 6.82. The van der Waals surface area contributed by atoms with Crippen molar-refractivity contribution < 1.29 is 9.47 Å². The lowest BCUT2D eigenvalue weighted by Crippen LogP contribution is -2.15. The lowest BCUT2D eigenvalue weighted by Gasteiger charge is -2.16. The van der Waals surface area contributed by atoms with E-state index in [1.165, 1.54) is 0 Å². The van der Waals surface area contributed by atoms with Crippen molar-refractivity contribution in [1.82, 2.24) is 10.2 Å².